The van der Waals surface area contributed by atoms with Crippen molar-refractivity contribution in [3.8, 4) is 5.75 Å². The van der Waals surface area contributed by atoms with Crippen LogP contribution in [0, 0.1) is 13.8 Å². The third kappa shape index (κ3) is 5.34. The average molecular weight is 404 g/mol. The van der Waals surface area contributed by atoms with E-state index < -0.39 is 0 Å². The summed E-state index contributed by atoms with van der Waals surface area (Å²) in [4.78, 5) is 11.6. The van der Waals surface area contributed by atoms with Gasteiger partial charge in [0.2, 0.25) is 0 Å². The first-order valence-electron chi connectivity index (χ1n) is 9.92. The van der Waals surface area contributed by atoms with E-state index in [-0.39, 0.29) is 5.41 Å². The second-order valence-electron chi connectivity index (χ2n) is 8.53. The molecule has 0 aliphatic heterocycles. The van der Waals surface area contributed by atoms with Crippen LogP contribution in [-0.2, 0) is 12.0 Å². The first-order valence-corrected chi connectivity index (χ1v) is 10.9. The Morgan fingerprint density at radius 3 is 2.31 bits per heavy atom. The maximum atomic E-state index is 11.6. The fourth-order valence-corrected chi connectivity index (χ4v) is 4.60. The molecule has 0 N–H and O–H groups in total. The Morgan fingerprint density at radius 1 is 0.931 bits per heavy atom. The highest BCUT2D eigenvalue weighted by Crippen LogP contribution is 2.31. The van der Waals surface area contributed by atoms with Crippen molar-refractivity contribution in [3.05, 3.63) is 88.5 Å². The second-order valence-corrected chi connectivity index (χ2v) is 9.86. The van der Waals surface area contributed by atoms with Crippen molar-refractivity contribution >= 4 is 25.5 Å². The minimum absolute atomic E-state index is 0.0444. The molecule has 2 nitrogen and oxygen atoms in total. The number of hydrogen-bond acceptors (Lipinski definition) is 2. The number of rotatable bonds is 6. The Morgan fingerprint density at radius 2 is 1.66 bits per heavy atom. The van der Waals surface area contributed by atoms with Gasteiger partial charge >= 0.3 is 0 Å². The highest BCUT2D eigenvalue weighted by Gasteiger charge is 2.19. The summed E-state index contributed by atoms with van der Waals surface area (Å²) < 4.78 is 6.31. The third-order valence-electron chi connectivity index (χ3n) is 4.97. The summed E-state index contributed by atoms with van der Waals surface area (Å²) >= 11 is 0. The van der Waals surface area contributed by atoms with Gasteiger partial charge in [0.1, 0.15) is 12.4 Å². The molecule has 0 spiro atoms. The minimum Gasteiger partial charge on any atom is -0.488 e. The predicted molar refractivity (Wildman–Crippen MR) is 125 cm³/mol. The zero-order valence-corrected chi connectivity index (χ0v) is 18.9. The highest BCUT2D eigenvalue weighted by atomic mass is 31.1. The van der Waals surface area contributed by atoms with Crippen molar-refractivity contribution in [2.24, 2.45) is 0 Å². The van der Waals surface area contributed by atoms with Gasteiger partial charge in [-0.05, 0) is 53.4 Å². The van der Waals surface area contributed by atoms with Crippen molar-refractivity contribution in [3.63, 3.8) is 0 Å². The maximum absolute atomic E-state index is 11.6. The molecule has 0 aliphatic carbocycles. The Kier molecular flexibility index (Phi) is 6.55. The first kappa shape index (κ1) is 21.3. The Bertz CT molecular complexity index is 1000. The SMILES string of the molecule is Cc1ccc(Pc2cc(C(C)(C)C)cc(C)c2OCc2ccccc2)c(C=O)c1. The third-order valence-corrected chi connectivity index (χ3v) is 6.34. The van der Waals surface area contributed by atoms with Gasteiger partial charge in [-0.2, -0.15) is 0 Å². The van der Waals surface area contributed by atoms with E-state index in [9.17, 15) is 4.79 Å². The van der Waals surface area contributed by atoms with E-state index in [0.717, 1.165) is 44.9 Å². The van der Waals surface area contributed by atoms with Crippen molar-refractivity contribution < 1.29 is 9.53 Å². The summed E-state index contributed by atoms with van der Waals surface area (Å²) in [5, 5.41) is 2.21. The Hall–Kier alpha value is -2.44. The molecule has 3 aromatic carbocycles. The molecule has 150 valence electrons. The molecule has 0 heterocycles. The molecular formula is C26H29O2P. The minimum atomic E-state index is 0.0444. The Labute approximate surface area is 176 Å². The lowest BCUT2D eigenvalue weighted by molar-refractivity contribution is 0.112. The fraction of sp³-hybridized carbons (Fsp3) is 0.269. The van der Waals surface area contributed by atoms with E-state index >= 15 is 0 Å². The smallest absolute Gasteiger partial charge is 0.150 e. The van der Waals surface area contributed by atoms with Gasteiger partial charge in [0.05, 0.1) is 0 Å². The molecule has 0 saturated carbocycles. The molecule has 0 saturated heterocycles. The van der Waals surface area contributed by atoms with Crippen LogP contribution in [0.2, 0.25) is 0 Å². The number of aldehydes is 1. The van der Waals surface area contributed by atoms with Gasteiger partial charge in [0.25, 0.3) is 0 Å². The monoisotopic (exact) mass is 404 g/mol. The average Bonchev–Trinajstić information content (AvgIpc) is 2.68. The van der Waals surface area contributed by atoms with Gasteiger partial charge in [-0.15, -0.1) is 0 Å². The summed E-state index contributed by atoms with van der Waals surface area (Å²) in [7, 11) is 0.361. The normalized spacial score (nSPS) is 11.8. The zero-order chi connectivity index (χ0) is 21.0. The first-order chi connectivity index (χ1) is 13.8. The quantitative estimate of drug-likeness (QED) is 0.394. The molecule has 0 amide bonds. The maximum Gasteiger partial charge on any atom is 0.150 e. The molecule has 3 rings (SSSR count). The van der Waals surface area contributed by atoms with E-state index in [1.54, 1.807) is 0 Å². The fourth-order valence-electron chi connectivity index (χ4n) is 3.26. The molecule has 3 aromatic rings. The van der Waals surface area contributed by atoms with Crippen LogP contribution in [0.4, 0.5) is 0 Å². The summed E-state index contributed by atoms with van der Waals surface area (Å²) in [5.74, 6) is 0.928. The van der Waals surface area contributed by atoms with Gasteiger partial charge in [0, 0.05) is 10.9 Å². The number of benzene rings is 3. The second kappa shape index (κ2) is 8.93. The van der Waals surface area contributed by atoms with Crippen LogP contribution < -0.4 is 15.3 Å². The number of hydrogen-bond donors (Lipinski definition) is 0. The van der Waals surface area contributed by atoms with Crippen LogP contribution in [0.15, 0.2) is 60.7 Å². The van der Waals surface area contributed by atoms with Gasteiger partial charge in [0.15, 0.2) is 6.29 Å². The lowest BCUT2D eigenvalue weighted by atomic mass is 9.86. The topological polar surface area (TPSA) is 26.3 Å². The molecule has 0 fully saturated rings. The van der Waals surface area contributed by atoms with Crippen molar-refractivity contribution in [2.45, 2.75) is 46.6 Å². The summed E-state index contributed by atoms with van der Waals surface area (Å²) in [6.07, 6.45) is 0.959. The van der Waals surface area contributed by atoms with Crippen LogP contribution in [0.1, 0.15) is 53.4 Å². The Balaban J connectivity index is 2.02. The summed E-state index contributed by atoms with van der Waals surface area (Å²) in [5.41, 5.74) is 5.46. The number of aryl methyl sites for hydroxylation is 2. The molecule has 0 aliphatic rings. The van der Waals surface area contributed by atoms with Gasteiger partial charge in [-0.3, -0.25) is 4.79 Å². The van der Waals surface area contributed by atoms with E-state index in [2.05, 4.69) is 64.1 Å². The standard InChI is InChI=1S/C26H29O2P/c1-18-11-12-23(21(13-18)16-27)29-24-15-22(26(3,4)5)14-19(2)25(24)28-17-20-9-7-6-8-10-20/h6-16,29H,17H2,1-5H3. The van der Waals surface area contributed by atoms with Crippen LogP contribution in [0.5, 0.6) is 5.75 Å². The van der Waals surface area contributed by atoms with Crippen LogP contribution in [0.25, 0.3) is 0 Å². The molecular weight excluding hydrogens is 375 g/mol. The molecule has 29 heavy (non-hydrogen) atoms. The van der Waals surface area contributed by atoms with E-state index in [1.807, 2.05) is 31.2 Å². The number of carbonyl (C=O) groups is 1. The molecule has 3 heteroatoms. The van der Waals surface area contributed by atoms with Crippen LogP contribution in [-0.4, -0.2) is 6.29 Å². The largest absolute Gasteiger partial charge is 0.488 e. The summed E-state index contributed by atoms with van der Waals surface area (Å²) in [6, 6.07) is 20.8. The van der Waals surface area contributed by atoms with Gasteiger partial charge in [-0.25, -0.2) is 0 Å². The predicted octanol–water partition coefficient (Wildman–Crippen LogP) is 5.62. The van der Waals surface area contributed by atoms with E-state index in [4.69, 9.17) is 4.74 Å². The van der Waals surface area contributed by atoms with Crippen molar-refractivity contribution in [1.82, 2.24) is 0 Å². The molecule has 0 bridgehead atoms. The lowest BCUT2D eigenvalue weighted by Crippen LogP contribution is -2.18. The summed E-state index contributed by atoms with van der Waals surface area (Å²) in [6.45, 7) is 11.3. The van der Waals surface area contributed by atoms with E-state index in [1.165, 1.54) is 5.56 Å². The highest BCUT2D eigenvalue weighted by molar-refractivity contribution is 7.56. The van der Waals surface area contributed by atoms with Crippen molar-refractivity contribution in [1.29, 1.82) is 0 Å². The zero-order valence-electron chi connectivity index (χ0n) is 17.9. The van der Waals surface area contributed by atoms with E-state index in [0.29, 0.717) is 15.2 Å². The van der Waals surface area contributed by atoms with Crippen LogP contribution >= 0.6 is 8.58 Å². The van der Waals surface area contributed by atoms with Gasteiger partial charge < -0.3 is 4.74 Å². The van der Waals surface area contributed by atoms with Crippen LogP contribution in [0.3, 0.4) is 0 Å². The molecule has 1 unspecified atom stereocenters. The number of carbonyl (C=O) groups excluding carboxylic acids is 1. The molecule has 0 aromatic heterocycles. The van der Waals surface area contributed by atoms with Gasteiger partial charge in [-0.1, -0.05) is 83.4 Å². The number of ether oxygens (including phenoxy) is 1. The lowest BCUT2D eigenvalue weighted by Gasteiger charge is -2.23. The molecule has 0 radical (unpaired) electrons. The van der Waals surface area contributed by atoms with Crippen molar-refractivity contribution in [2.75, 3.05) is 0 Å². The molecule has 1 atom stereocenters.